The van der Waals surface area contributed by atoms with Crippen LogP contribution < -0.4 is 10.6 Å². The van der Waals surface area contributed by atoms with E-state index in [4.69, 9.17) is 18.0 Å². The number of benzene rings is 2. The summed E-state index contributed by atoms with van der Waals surface area (Å²) < 4.78 is 76.9. The highest BCUT2D eigenvalue weighted by Gasteiger charge is 2.32. The van der Waals surface area contributed by atoms with Gasteiger partial charge in [0.15, 0.2) is 5.11 Å². The first-order valence-corrected chi connectivity index (χ1v) is 6.85. The fraction of sp³-hybridized carbons (Fsp3) is 0.133. The Balaban J connectivity index is 2.54. The molecule has 0 bridgehead atoms. The van der Waals surface area contributed by atoms with Crippen molar-refractivity contribution in [2.75, 3.05) is 4.90 Å². The van der Waals surface area contributed by atoms with E-state index in [0.717, 1.165) is 41.3 Å². The van der Waals surface area contributed by atoms with E-state index in [9.17, 15) is 26.3 Å². The van der Waals surface area contributed by atoms with Crippen molar-refractivity contribution in [3.8, 4) is 0 Å². The van der Waals surface area contributed by atoms with Gasteiger partial charge in [0.25, 0.3) is 0 Å². The highest BCUT2D eigenvalue weighted by molar-refractivity contribution is 7.80. The molecular formula is C15H10F6N2S. The number of alkyl halides is 6. The van der Waals surface area contributed by atoms with Crippen LogP contribution in [-0.4, -0.2) is 5.11 Å². The zero-order valence-corrected chi connectivity index (χ0v) is 12.6. The summed E-state index contributed by atoms with van der Waals surface area (Å²) in [5.41, 5.74) is 3.41. The number of rotatable bonds is 2. The lowest BCUT2D eigenvalue weighted by Gasteiger charge is -2.24. The minimum absolute atomic E-state index is 0.0864. The lowest BCUT2D eigenvalue weighted by molar-refractivity contribution is -0.138. The lowest BCUT2D eigenvalue weighted by atomic mass is 10.1. The summed E-state index contributed by atoms with van der Waals surface area (Å²) in [7, 11) is 0. The summed E-state index contributed by atoms with van der Waals surface area (Å²) in [6.07, 6.45) is -9.21. The van der Waals surface area contributed by atoms with Gasteiger partial charge in [-0.05, 0) is 48.6 Å². The largest absolute Gasteiger partial charge is 0.416 e. The molecule has 2 nitrogen and oxygen atoms in total. The molecule has 0 fully saturated rings. The van der Waals surface area contributed by atoms with E-state index in [1.807, 2.05) is 0 Å². The van der Waals surface area contributed by atoms with Gasteiger partial charge in [-0.25, -0.2) is 0 Å². The second-order valence-electron chi connectivity index (χ2n) is 4.77. The van der Waals surface area contributed by atoms with Crippen LogP contribution in [0.1, 0.15) is 11.1 Å². The Morgan fingerprint density at radius 1 is 0.792 bits per heavy atom. The molecule has 0 radical (unpaired) electrons. The first-order valence-electron chi connectivity index (χ1n) is 6.44. The van der Waals surface area contributed by atoms with Crippen LogP contribution in [0, 0.1) is 0 Å². The Morgan fingerprint density at radius 3 is 1.46 bits per heavy atom. The van der Waals surface area contributed by atoms with Crippen molar-refractivity contribution in [2.24, 2.45) is 5.73 Å². The van der Waals surface area contributed by atoms with Crippen molar-refractivity contribution in [1.82, 2.24) is 0 Å². The fourth-order valence-electron chi connectivity index (χ4n) is 2.05. The number of hydrogen-bond acceptors (Lipinski definition) is 1. The van der Waals surface area contributed by atoms with Gasteiger partial charge < -0.3 is 5.73 Å². The predicted octanol–water partition coefficient (Wildman–Crippen LogP) is 5.11. The average Bonchev–Trinajstić information content (AvgIpc) is 2.46. The van der Waals surface area contributed by atoms with E-state index in [1.54, 1.807) is 0 Å². The minimum Gasteiger partial charge on any atom is -0.376 e. The Morgan fingerprint density at radius 2 is 1.17 bits per heavy atom. The smallest absolute Gasteiger partial charge is 0.376 e. The standard InChI is InChI=1S/C15H10F6N2S/c16-14(17,18)9-3-1-5-11(7-9)23(13(22)24)12-6-2-4-10(8-12)15(19,20)21/h1-8H,(H2,22,24). The molecule has 0 saturated carbocycles. The molecule has 0 heterocycles. The molecule has 2 aromatic carbocycles. The third-order valence-electron chi connectivity index (χ3n) is 3.08. The summed E-state index contributed by atoms with van der Waals surface area (Å²) in [5, 5.41) is -0.381. The predicted molar refractivity (Wildman–Crippen MR) is 81.8 cm³/mol. The highest BCUT2D eigenvalue weighted by Crippen LogP contribution is 2.36. The van der Waals surface area contributed by atoms with Gasteiger partial charge in [0.2, 0.25) is 0 Å². The topological polar surface area (TPSA) is 29.3 Å². The molecule has 2 aromatic rings. The lowest BCUT2D eigenvalue weighted by Crippen LogP contribution is -2.31. The summed E-state index contributed by atoms with van der Waals surface area (Å²) >= 11 is 4.80. The molecule has 24 heavy (non-hydrogen) atoms. The molecule has 0 unspecified atom stereocenters. The van der Waals surface area contributed by atoms with Crippen LogP contribution in [0.15, 0.2) is 48.5 Å². The van der Waals surface area contributed by atoms with Gasteiger partial charge in [-0.15, -0.1) is 0 Å². The van der Waals surface area contributed by atoms with Crippen LogP contribution in [0.2, 0.25) is 0 Å². The maximum Gasteiger partial charge on any atom is 0.416 e. The van der Waals surface area contributed by atoms with Crippen LogP contribution in [0.4, 0.5) is 37.7 Å². The molecule has 0 atom stereocenters. The van der Waals surface area contributed by atoms with Crippen molar-refractivity contribution in [3.05, 3.63) is 59.7 Å². The Bertz CT molecular complexity index is 697. The van der Waals surface area contributed by atoms with Crippen LogP contribution in [0.3, 0.4) is 0 Å². The molecule has 9 heteroatoms. The zero-order chi connectivity index (χ0) is 18.1. The van der Waals surface area contributed by atoms with Crippen molar-refractivity contribution >= 4 is 28.7 Å². The molecule has 128 valence electrons. The van der Waals surface area contributed by atoms with E-state index in [-0.39, 0.29) is 16.5 Å². The maximum absolute atomic E-state index is 12.8. The Hall–Kier alpha value is -2.29. The average molecular weight is 364 g/mol. The van der Waals surface area contributed by atoms with E-state index in [2.05, 4.69) is 0 Å². The molecule has 0 aliphatic heterocycles. The van der Waals surface area contributed by atoms with Crippen LogP contribution in [-0.2, 0) is 12.4 Å². The van der Waals surface area contributed by atoms with Gasteiger partial charge in [0.05, 0.1) is 11.1 Å². The number of nitrogens with zero attached hydrogens (tertiary/aromatic N) is 1. The summed E-state index contributed by atoms with van der Waals surface area (Å²) in [6.45, 7) is 0. The molecule has 0 aromatic heterocycles. The van der Waals surface area contributed by atoms with Crippen LogP contribution in [0.5, 0.6) is 0 Å². The van der Waals surface area contributed by atoms with Gasteiger partial charge in [-0.2, -0.15) is 26.3 Å². The van der Waals surface area contributed by atoms with Gasteiger partial charge in [0, 0.05) is 11.4 Å². The third-order valence-corrected chi connectivity index (χ3v) is 3.27. The third kappa shape index (κ3) is 3.97. The van der Waals surface area contributed by atoms with Gasteiger partial charge in [-0.1, -0.05) is 12.1 Å². The second kappa shape index (κ2) is 6.31. The van der Waals surface area contributed by atoms with Crippen LogP contribution >= 0.6 is 12.2 Å². The van der Waals surface area contributed by atoms with Gasteiger partial charge in [0.1, 0.15) is 0 Å². The van der Waals surface area contributed by atoms with E-state index in [1.165, 1.54) is 12.1 Å². The molecule has 0 amide bonds. The van der Waals surface area contributed by atoms with E-state index in [0.29, 0.717) is 0 Å². The molecular weight excluding hydrogens is 354 g/mol. The first kappa shape index (κ1) is 18.1. The molecule has 0 aliphatic carbocycles. The molecule has 0 aliphatic rings. The zero-order valence-electron chi connectivity index (χ0n) is 11.8. The van der Waals surface area contributed by atoms with Crippen molar-refractivity contribution in [1.29, 1.82) is 0 Å². The quantitative estimate of drug-likeness (QED) is 0.593. The van der Waals surface area contributed by atoms with Crippen molar-refractivity contribution in [3.63, 3.8) is 0 Å². The fourth-order valence-corrected chi connectivity index (χ4v) is 2.26. The number of anilines is 2. The van der Waals surface area contributed by atoms with Crippen molar-refractivity contribution in [2.45, 2.75) is 12.4 Å². The molecule has 0 spiro atoms. The molecule has 2 rings (SSSR count). The normalized spacial score (nSPS) is 12.1. The first-order chi connectivity index (χ1) is 11.0. The minimum atomic E-state index is -4.61. The van der Waals surface area contributed by atoms with Crippen LogP contribution in [0.25, 0.3) is 0 Å². The summed E-state index contributed by atoms with van der Waals surface area (Å²) in [6, 6.07) is 8.00. The number of nitrogens with two attached hydrogens (primary N) is 1. The maximum atomic E-state index is 12.8. The summed E-state index contributed by atoms with van der Waals surface area (Å²) in [5.74, 6) is 0. The Kier molecular flexibility index (Phi) is 4.75. The second-order valence-corrected chi connectivity index (χ2v) is 5.19. The van der Waals surface area contributed by atoms with Gasteiger partial charge >= 0.3 is 12.4 Å². The van der Waals surface area contributed by atoms with E-state index < -0.39 is 23.5 Å². The monoisotopic (exact) mass is 364 g/mol. The van der Waals surface area contributed by atoms with Crippen molar-refractivity contribution < 1.29 is 26.3 Å². The SMILES string of the molecule is NC(=S)N(c1cccc(C(F)(F)F)c1)c1cccc(C(F)(F)F)c1. The number of thiocarbonyl (C=S) groups is 1. The highest BCUT2D eigenvalue weighted by atomic mass is 32.1. The molecule has 0 saturated heterocycles. The van der Waals surface area contributed by atoms with E-state index >= 15 is 0 Å². The molecule has 2 N–H and O–H groups in total. The van der Waals surface area contributed by atoms with Gasteiger partial charge in [-0.3, -0.25) is 4.90 Å². The number of hydrogen-bond donors (Lipinski definition) is 1. The summed E-state index contributed by atoms with van der Waals surface area (Å²) in [4.78, 5) is 0.944. The Labute approximate surface area is 138 Å². The number of halogens is 6.